The minimum Gasteiger partial charge on any atom is -0.390 e. The van der Waals surface area contributed by atoms with Gasteiger partial charge in [0.05, 0.1) is 23.2 Å². The van der Waals surface area contributed by atoms with E-state index in [0.29, 0.717) is 28.6 Å². The zero-order valence-corrected chi connectivity index (χ0v) is 20.0. The van der Waals surface area contributed by atoms with E-state index in [1.54, 1.807) is 18.3 Å². The van der Waals surface area contributed by atoms with Crippen molar-refractivity contribution in [2.24, 2.45) is 0 Å². The second-order valence-corrected chi connectivity index (χ2v) is 8.81. The summed E-state index contributed by atoms with van der Waals surface area (Å²) in [5, 5.41) is 17.8. The first-order chi connectivity index (χ1) is 17.4. The fraction of sp³-hybridized carbons (Fsp3) is 0.241. The number of nitrogens with zero attached hydrogens (tertiary/aromatic N) is 1. The van der Waals surface area contributed by atoms with Gasteiger partial charge in [0, 0.05) is 30.7 Å². The van der Waals surface area contributed by atoms with Crippen molar-refractivity contribution in [2.75, 3.05) is 6.54 Å². The molecule has 0 bridgehead atoms. The highest BCUT2D eigenvalue weighted by atomic mass is 19.1. The lowest BCUT2D eigenvalue weighted by Gasteiger charge is -2.25. The number of hydrogen-bond acceptors (Lipinski definition) is 4. The van der Waals surface area contributed by atoms with Gasteiger partial charge in [0.2, 0.25) is 0 Å². The van der Waals surface area contributed by atoms with Gasteiger partial charge >= 0.3 is 0 Å². The van der Waals surface area contributed by atoms with Gasteiger partial charge in [0.1, 0.15) is 11.6 Å². The number of para-hydroxylation sites is 1. The van der Waals surface area contributed by atoms with Crippen molar-refractivity contribution in [3.8, 4) is 0 Å². The second-order valence-electron chi connectivity index (χ2n) is 8.81. The molecule has 0 saturated carbocycles. The zero-order valence-electron chi connectivity index (χ0n) is 20.0. The van der Waals surface area contributed by atoms with Crippen molar-refractivity contribution in [1.82, 2.24) is 15.6 Å². The molecular formula is C29H29F2N3O2. The number of nitrogens with one attached hydrogen (secondary N) is 2. The fourth-order valence-corrected chi connectivity index (χ4v) is 4.27. The summed E-state index contributed by atoms with van der Waals surface area (Å²) in [6.45, 7) is 2.80. The van der Waals surface area contributed by atoms with Crippen LogP contribution in [0.2, 0.25) is 0 Å². The van der Waals surface area contributed by atoms with Gasteiger partial charge in [-0.3, -0.25) is 9.78 Å². The maximum absolute atomic E-state index is 13.8. The molecule has 0 radical (unpaired) electrons. The van der Waals surface area contributed by atoms with Crippen LogP contribution in [0.1, 0.15) is 34.0 Å². The van der Waals surface area contributed by atoms with Crippen LogP contribution in [-0.2, 0) is 19.4 Å². The molecule has 0 aliphatic heterocycles. The maximum atomic E-state index is 13.8. The molecule has 1 heterocycles. The lowest BCUT2D eigenvalue weighted by molar-refractivity contribution is 0.0831. The van der Waals surface area contributed by atoms with E-state index in [0.717, 1.165) is 18.1 Å². The molecule has 0 unspecified atom stereocenters. The van der Waals surface area contributed by atoms with E-state index < -0.39 is 29.7 Å². The molecule has 3 N–H and O–H groups in total. The molecule has 1 amide bonds. The second kappa shape index (κ2) is 11.8. The van der Waals surface area contributed by atoms with E-state index in [4.69, 9.17) is 0 Å². The number of hydrogen-bond donors (Lipinski definition) is 3. The van der Waals surface area contributed by atoms with Crippen LogP contribution < -0.4 is 10.6 Å². The molecule has 1 aromatic heterocycles. The molecule has 0 saturated heterocycles. The lowest BCUT2D eigenvalue weighted by atomic mass is 9.99. The number of amides is 1. The maximum Gasteiger partial charge on any atom is 0.252 e. The number of benzene rings is 3. The lowest BCUT2D eigenvalue weighted by Crippen LogP contribution is -2.48. The highest BCUT2D eigenvalue weighted by Crippen LogP contribution is 2.18. The smallest absolute Gasteiger partial charge is 0.252 e. The van der Waals surface area contributed by atoms with Crippen molar-refractivity contribution in [3.05, 3.63) is 113 Å². The summed E-state index contributed by atoms with van der Waals surface area (Å²) in [5.41, 5.74) is 3.72. The quantitative estimate of drug-likeness (QED) is 0.305. The largest absolute Gasteiger partial charge is 0.390 e. The molecule has 0 fully saturated rings. The number of carbonyl (C=O) groups excluding carboxylic acids is 1. The van der Waals surface area contributed by atoms with Crippen LogP contribution in [0.5, 0.6) is 0 Å². The number of pyridine rings is 1. The average Bonchev–Trinajstić information content (AvgIpc) is 2.87. The van der Waals surface area contributed by atoms with Crippen molar-refractivity contribution >= 4 is 16.8 Å². The van der Waals surface area contributed by atoms with Crippen LogP contribution in [0.15, 0.2) is 79.0 Å². The summed E-state index contributed by atoms with van der Waals surface area (Å²) in [4.78, 5) is 17.5. The van der Waals surface area contributed by atoms with Gasteiger partial charge in [-0.1, -0.05) is 49.4 Å². The van der Waals surface area contributed by atoms with Gasteiger partial charge in [-0.25, -0.2) is 8.78 Å². The number of aryl methyl sites for hydroxylation is 1. The topological polar surface area (TPSA) is 74.2 Å². The van der Waals surface area contributed by atoms with Crippen molar-refractivity contribution in [2.45, 2.75) is 38.5 Å². The Balaban J connectivity index is 1.51. The van der Waals surface area contributed by atoms with Crippen LogP contribution in [0.3, 0.4) is 0 Å². The first-order valence-corrected chi connectivity index (χ1v) is 12.0. The van der Waals surface area contributed by atoms with E-state index in [1.807, 2.05) is 30.3 Å². The van der Waals surface area contributed by atoms with Crippen LogP contribution in [0, 0.1) is 11.6 Å². The van der Waals surface area contributed by atoms with E-state index in [1.165, 1.54) is 17.7 Å². The van der Waals surface area contributed by atoms with Gasteiger partial charge in [-0.15, -0.1) is 0 Å². The molecule has 0 aliphatic rings. The summed E-state index contributed by atoms with van der Waals surface area (Å²) >= 11 is 0. The van der Waals surface area contributed by atoms with Gasteiger partial charge in [-0.2, -0.15) is 0 Å². The Morgan fingerprint density at radius 2 is 1.69 bits per heavy atom. The normalized spacial score (nSPS) is 12.9. The highest BCUT2D eigenvalue weighted by molar-refractivity contribution is 6.06. The Morgan fingerprint density at radius 1 is 0.944 bits per heavy atom. The summed E-state index contributed by atoms with van der Waals surface area (Å²) in [6, 6.07) is 19.5. The molecule has 7 heteroatoms. The summed E-state index contributed by atoms with van der Waals surface area (Å²) in [6.07, 6.45) is 1.52. The van der Waals surface area contributed by atoms with Gasteiger partial charge < -0.3 is 15.7 Å². The van der Waals surface area contributed by atoms with Crippen LogP contribution in [-0.4, -0.2) is 34.7 Å². The van der Waals surface area contributed by atoms with Gasteiger partial charge in [0.15, 0.2) is 0 Å². The molecular weight excluding hydrogens is 460 g/mol. The Morgan fingerprint density at radius 3 is 2.47 bits per heavy atom. The molecule has 186 valence electrons. The van der Waals surface area contributed by atoms with Crippen LogP contribution in [0.25, 0.3) is 10.9 Å². The van der Waals surface area contributed by atoms with Crippen LogP contribution >= 0.6 is 0 Å². The predicted molar refractivity (Wildman–Crippen MR) is 137 cm³/mol. The molecule has 4 aromatic rings. The Kier molecular flexibility index (Phi) is 8.36. The monoisotopic (exact) mass is 489 g/mol. The number of aromatic nitrogens is 1. The molecule has 4 rings (SSSR count). The minimum absolute atomic E-state index is 0.0532. The van der Waals surface area contributed by atoms with E-state index >= 15 is 0 Å². The highest BCUT2D eigenvalue weighted by Gasteiger charge is 2.24. The minimum atomic E-state index is -1.01. The molecule has 3 aromatic carbocycles. The number of rotatable bonds is 10. The number of halogens is 2. The van der Waals surface area contributed by atoms with Gasteiger partial charge in [0.25, 0.3) is 5.91 Å². The first-order valence-electron chi connectivity index (χ1n) is 12.0. The number of fused-ring (bicyclic) bond motifs is 1. The van der Waals surface area contributed by atoms with Crippen molar-refractivity contribution in [1.29, 1.82) is 0 Å². The molecule has 0 aliphatic carbocycles. The Hall–Kier alpha value is -3.68. The molecule has 2 atom stereocenters. The molecule has 5 nitrogen and oxygen atoms in total. The Bertz CT molecular complexity index is 1320. The van der Waals surface area contributed by atoms with E-state index in [2.05, 4.69) is 34.7 Å². The first kappa shape index (κ1) is 25.4. The fourth-order valence-electron chi connectivity index (χ4n) is 4.27. The predicted octanol–water partition coefficient (Wildman–Crippen LogP) is 4.57. The third-order valence-corrected chi connectivity index (χ3v) is 6.13. The molecule has 36 heavy (non-hydrogen) atoms. The van der Waals surface area contributed by atoms with Crippen molar-refractivity contribution < 1.29 is 18.7 Å². The van der Waals surface area contributed by atoms with E-state index in [9.17, 15) is 18.7 Å². The number of carbonyl (C=O) groups is 1. The summed E-state index contributed by atoms with van der Waals surface area (Å²) < 4.78 is 27.6. The standard InChI is InChI=1S/C29H29F2N3O2/c1-2-19-6-5-7-20(12-19)17-32-18-28(35)27(15-21-13-22(30)16-23(31)14-21)34-29(36)25-10-11-33-26-9-4-3-8-24(25)26/h3-14,16,27-28,32,35H,2,15,17-18H2,1H3,(H,34,36)/t27-,28+/m0/s1. The zero-order chi connectivity index (χ0) is 25.5. The number of aliphatic hydroxyl groups is 1. The summed E-state index contributed by atoms with van der Waals surface area (Å²) in [7, 11) is 0. The van der Waals surface area contributed by atoms with Crippen molar-refractivity contribution in [3.63, 3.8) is 0 Å². The Labute approximate surface area is 209 Å². The molecule has 0 spiro atoms. The van der Waals surface area contributed by atoms with Crippen LogP contribution in [0.4, 0.5) is 8.78 Å². The summed E-state index contributed by atoms with van der Waals surface area (Å²) in [5.74, 6) is -1.82. The third-order valence-electron chi connectivity index (χ3n) is 6.13. The third kappa shape index (κ3) is 6.50. The van der Waals surface area contributed by atoms with Gasteiger partial charge in [-0.05, 0) is 53.8 Å². The van der Waals surface area contributed by atoms with E-state index in [-0.39, 0.29) is 13.0 Å². The SMILES string of the molecule is CCc1cccc(CNC[C@@H](O)[C@H](Cc2cc(F)cc(F)c2)NC(=O)c2ccnc3ccccc23)c1. The number of aliphatic hydroxyl groups excluding tert-OH is 1. The average molecular weight is 490 g/mol.